The van der Waals surface area contributed by atoms with Crippen molar-refractivity contribution in [3.05, 3.63) is 24.3 Å². The van der Waals surface area contributed by atoms with Crippen molar-refractivity contribution >= 4 is 19.8 Å². The van der Waals surface area contributed by atoms with E-state index in [1.165, 1.54) is 96.3 Å². The molecule has 0 aliphatic carbocycles. The van der Waals surface area contributed by atoms with Crippen LogP contribution in [-0.4, -0.2) is 41.0 Å². The van der Waals surface area contributed by atoms with Crippen molar-refractivity contribution in [2.75, 3.05) is 13.2 Å². The molecule has 0 radical (unpaired) electrons. The number of rotatable bonds is 35. The first-order valence-electron chi connectivity index (χ1n) is 19.1. The fourth-order valence-electron chi connectivity index (χ4n) is 5.30. The summed E-state index contributed by atoms with van der Waals surface area (Å²) in [4.78, 5) is 42.7. The molecule has 0 saturated carbocycles. The van der Waals surface area contributed by atoms with Crippen molar-refractivity contribution in [2.24, 2.45) is 0 Å². The van der Waals surface area contributed by atoms with Crippen molar-refractivity contribution in [1.29, 1.82) is 0 Å². The average molecular weight is 687 g/mol. The number of carbonyl (C=O) groups is 2. The quantitative estimate of drug-likeness (QED) is 0.0292. The SMILES string of the molecule is CCCCCCC/C=C/CCCCCCCC(=O)OC[C@H](COP(=O)(O)O)OC(=O)CCCC/C=C/CCCCCCCCCCC. The summed E-state index contributed by atoms with van der Waals surface area (Å²) in [5.41, 5.74) is 0. The smallest absolute Gasteiger partial charge is 0.462 e. The zero-order valence-electron chi connectivity index (χ0n) is 30.2. The number of hydrogen-bond acceptors (Lipinski definition) is 6. The molecule has 0 bridgehead atoms. The summed E-state index contributed by atoms with van der Waals surface area (Å²) >= 11 is 0. The van der Waals surface area contributed by atoms with Gasteiger partial charge in [-0.3, -0.25) is 14.1 Å². The normalized spacial score (nSPS) is 12.7. The lowest BCUT2D eigenvalue weighted by molar-refractivity contribution is -0.161. The molecule has 9 heteroatoms. The third kappa shape index (κ3) is 37.2. The molecular weight excluding hydrogens is 615 g/mol. The van der Waals surface area contributed by atoms with Crippen LogP contribution >= 0.6 is 7.82 Å². The number of unbranched alkanes of at least 4 members (excludes halogenated alkanes) is 21. The van der Waals surface area contributed by atoms with Crippen LogP contribution in [0.1, 0.15) is 187 Å². The van der Waals surface area contributed by atoms with Gasteiger partial charge in [0.25, 0.3) is 0 Å². The van der Waals surface area contributed by atoms with Crippen LogP contribution in [0.2, 0.25) is 0 Å². The van der Waals surface area contributed by atoms with E-state index in [1.807, 2.05) is 0 Å². The highest BCUT2D eigenvalue weighted by molar-refractivity contribution is 7.46. The number of esters is 2. The van der Waals surface area contributed by atoms with Crippen molar-refractivity contribution < 1.29 is 37.9 Å². The lowest BCUT2D eigenvalue weighted by atomic mass is 10.1. The average Bonchev–Trinajstić information content (AvgIpc) is 3.03. The Morgan fingerprint density at radius 1 is 0.532 bits per heavy atom. The van der Waals surface area contributed by atoms with Crippen LogP contribution in [0.3, 0.4) is 0 Å². The van der Waals surface area contributed by atoms with E-state index in [0.717, 1.165) is 51.4 Å². The number of hydrogen-bond donors (Lipinski definition) is 2. The van der Waals surface area contributed by atoms with Gasteiger partial charge in [-0.1, -0.05) is 134 Å². The summed E-state index contributed by atoms with van der Waals surface area (Å²) in [5.74, 6) is -0.917. The Balaban J connectivity index is 4.00. The summed E-state index contributed by atoms with van der Waals surface area (Å²) in [6.07, 6.45) is 37.6. The van der Waals surface area contributed by atoms with E-state index in [0.29, 0.717) is 12.8 Å². The highest BCUT2D eigenvalue weighted by atomic mass is 31.2. The highest BCUT2D eigenvalue weighted by Gasteiger charge is 2.22. The molecule has 0 heterocycles. The maximum Gasteiger partial charge on any atom is 0.469 e. The Bertz CT molecular complexity index is 823. The van der Waals surface area contributed by atoms with Crippen molar-refractivity contribution in [3.8, 4) is 0 Å². The van der Waals surface area contributed by atoms with Gasteiger partial charge in [-0.05, 0) is 64.2 Å². The molecule has 2 N–H and O–H groups in total. The minimum absolute atomic E-state index is 0.182. The number of allylic oxidation sites excluding steroid dienone is 4. The minimum Gasteiger partial charge on any atom is -0.462 e. The summed E-state index contributed by atoms with van der Waals surface area (Å²) in [6, 6.07) is 0. The molecule has 0 spiro atoms. The highest BCUT2D eigenvalue weighted by Crippen LogP contribution is 2.36. The molecule has 1 atom stereocenters. The Hall–Kier alpha value is -1.47. The largest absolute Gasteiger partial charge is 0.469 e. The van der Waals surface area contributed by atoms with Crippen LogP contribution < -0.4 is 0 Å². The van der Waals surface area contributed by atoms with E-state index >= 15 is 0 Å². The fourth-order valence-corrected chi connectivity index (χ4v) is 5.66. The molecule has 0 unspecified atom stereocenters. The van der Waals surface area contributed by atoms with Crippen molar-refractivity contribution in [3.63, 3.8) is 0 Å². The first-order valence-corrected chi connectivity index (χ1v) is 20.7. The second-order valence-corrected chi connectivity index (χ2v) is 14.1. The van der Waals surface area contributed by atoms with Gasteiger partial charge in [0, 0.05) is 12.8 Å². The molecule has 0 amide bonds. The number of phosphoric ester groups is 1. The van der Waals surface area contributed by atoms with Gasteiger partial charge in [0.1, 0.15) is 6.61 Å². The number of carbonyl (C=O) groups excluding carboxylic acids is 2. The van der Waals surface area contributed by atoms with Gasteiger partial charge in [0.2, 0.25) is 0 Å². The topological polar surface area (TPSA) is 119 Å². The molecule has 0 saturated heterocycles. The minimum atomic E-state index is -4.75. The van der Waals surface area contributed by atoms with Gasteiger partial charge in [-0.25, -0.2) is 4.57 Å². The lowest BCUT2D eigenvalue weighted by Crippen LogP contribution is -2.29. The van der Waals surface area contributed by atoms with E-state index < -0.39 is 32.5 Å². The second kappa shape index (κ2) is 34.4. The van der Waals surface area contributed by atoms with E-state index in [9.17, 15) is 14.2 Å². The first kappa shape index (κ1) is 45.5. The predicted molar refractivity (Wildman–Crippen MR) is 193 cm³/mol. The first-order chi connectivity index (χ1) is 22.8. The van der Waals surface area contributed by atoms with E-state index in [4.69, 9.17) is 19.3 Å². The van der Waals surface area contributed by atoms with Crippen LogP contribution in [0, 0.1) is 0 Å². The molecular formula is C38H71O8P. The molecule has 0 aliphatic heterocycles. The number of phosphoric acid groups is 1. The standard InChI is InChI=1S/C38H71O8P/c1-3-5-7-9-11-13-15-17-19-21-23-25-27-29-31-33-38(40)46-36(35-45-47(41,42)43)34-44-37(39)32-30-28-26-24-22-20-18-16-14-12-10-8-6-4-2/h16,18,23,25,36H,3-15,17,19-22,24,26-35H2,1-2H3,(H2,41,42,43)/b18-16+,25-23+/t36-/m1/s1. The summed E-state index contributed by atoms with van der Waals surface area (Å²) < 4.78 is 26.3. The molecule has 0 fully saturated rings. The zero-order valence-corrected chi connectivity index (χ0v) is 31.1. The van der Waals surface area contributed by atoms with Crippen LogP contribution in [0.5, 0.6) is 0 Å². The maximum atomic E-state index is 12.3. The van der Waals surface area contributed by atoms with Crippen LogP contribution in [0.4, 0.5) is 0 Å². The molecule has 0 rings (SSSR count). The molecule has 47 heavy (non-hydrogen) atoms. The molecule has 8 nitrogen and oxygen atoms in total. The van der Waals surface area contributed by atoms with Gasteiger partial charge in [0.05, 0.1) is 6.61 Å². The second-order valence-electron chi connectivity index (χ2n) is 12.9. The third-order valence-electron chi connectivity index (χ3n) is 8.19. The van der Waals surface area contributed by atoms with Crippen LogP contribution in [0.15, 0.2) is 24.3 Å². The molecule has 0 aliphatic rings. The summed E-state index contributed by atoms with van der Waals surface area (Å²) in [7, 11) is -4.75. The Labute approximate surface area is 288 Å². The van der Waals surface area contributed by atoms with E-state index in [1.54, 1.807) is 0 Å². The maximum absolute atomic E-state index is 12.3. The van der Waals surface area contributed by atoms with E-state index in [-0.39, 0.29) is 19.4 Å². The van der Waals surface area contributed by atoms with Gasteiger partial charge in [-0.2, -0.15) is 0 Å². The van der Waals surface area contributed by atoms with Crippen LogP contribution in [-0.2, 0) is 28.2 Å². The molecule has 0 aromatic heterocycles. The van der Waals surface area contributed by atoms with Gasteiger partial charge in [0.15, 0.2) is 6.10 Å². The summed E-state index contributed by atoms with van der Waals surface area (Å²) in [5, 5.41) is 0. The Morgan fingerprint density at radius 2 is 0.894 bits per heavy atom. The number of ether oxygens (including phenoxy) is 2. The fraction of sp³-hybridized carbons (Fsp3) is 0.842. The summed E-state index contributed by atoms with van der Waals surface area (Å²) in [6.45, 7) is 3.64. The van der Waals surface area contributed by atoms with Crippen molar-refractivity contribution in [1.82, 2.24) is 0 Å². The monoisotopic (exact) mass is 686 g/mol. The third-order valence-corrected chi connectivity index (χ3v) is 8.68. The predicted octanol–water partition coefficient (Wildman–Crippen LogP) is 11.2. The van der Waals surface area contributed by atoms with Crippen LogP contribution in [0.25, 0.3) is 0 Å². The van der Waals surface area contributed by atoms with Gasteiger partial charge >= 0.3 is 19.8 Å². The zero-order chi connectivity index (χ0) is 34.7. The van der Waals surface area contributed by atoms with Gasteiger partial charge < -0.3 is 19.3 Å². The van der Waals surface area contributed by atoms with Gasteiger partial charge in [-0.15, -0.1) is 0 Å². The lowest BCUT2D eigenvalue weighted by Gasteiger charge is -2.18. The molecule has 0 aromatic rings. The Morgan fingerprint density at radius 3 is 1.34 bits per heavy atom. The molecule has 0 aromatic carbocycles. The van der Waals surface area contributed by atoms with E-state index in [2.05, 4.69) is 42.7 Å². The Kier molecular flexibility index (Phi) is 33.3. The van der Waals surface area contributed by atoms with Crippen molar-refractivity contribution in [2.45, 2.75) is 193 Å². The molecule has 276 valence electrons.